The van der Waals surface area contributed by atoms with Crippen molar-refractivity contribution in [3.05, 3.63) is 70.2 Å². The van der Waals surface area contributed by atoms with Gasteiger partial charge in [0, 0.05) is 17.1 Å². The zero-order chi connectivity index (χ0) is 19.2. The molecule has 0 aromatic heterocycles. The van der Waals surface area contributed by atoms with E-state index in [1.54, 1.807) is 0 Å². The highest BCUT2D eigenvalue weighted by atomic mass is 79.9. The van der Waals surface area contributed by atoms with E-state index in [4.69, 9.17) is 0 Å². The summed E-state index contributed by atoms with van der Waals surface area (Å²) < 4.78 is 1.03. The van der Waals surface area contributed by atoms with E-state index < -0.39 is 5.41 Å². The maximum absolute atomic E-state index is 10.1. The highest BCUT2D eigenvalue weighted by Crippen LogP contribution is 2.40. The van der Waals surface area contributed by atoms with Gasteiger partial charge in [0.15, 0.2) is 0 Å². The second-order valence-corrected chi connectivity index (χ2v) is 8.36. The summed E-state index contributed by atoms with van der Waals surface area (Å²) in [5.41, 5.74) is 1.96. The van der Waals surface area contributed by atoms with E-state index in [9.17, 15) is 5.26 Å². The van der Waals surface area contributed by atoms with Crippen LogP contribution in [0.1, 0.15) is 44.7 Å². The summed E-state index contributed by atoms with van der Waals surface area (Å²) in [5, 5.41) is 10.1. The monoisotopic (exact) mass is 412 g/mol. The Morgan fingerprint density at radius 2 is 1.65 bits per heavy atom. The molecule has 2 nitrogen and oxygen atoms in total. The number of hydrogen-bond acceptors (Lipinski definition) is 2. The summed E-state index contributed by atoms with van der Waals surface area (Å²) in [4.78, 5) is 2.37. The SMILES string of the molecule is CC(CCC(C#N)(c1ccccc1Br)C(C)C)N(C)Cc1ccccc1. The Balaban J connectivity index is 2.12. The molecule has 0 aliphatic carbocycles. The standard InChI is InChI=1S/C23H29BrN2/c1-18(2)23(17-25,21-12-8-9-13-22(21)24)15-14-19(3)26(4)16-20-10-6-5-7-11-20/h5-13,18-19H,14-16H2,1-4H3. The highest BCUT2D eigenvalue weighted by Gasteiger charge is 2.37. The van der Waals surface area contributed by atoms with Gasteiger partial charge in [-0.05, 0) is 49.9 Å². The summed E-state index contributed by atoms with van der Waals surface area (Å²) in [6, 6.07) is 21.8. The predicted octanol–water partition coefficient (Wildman–Crippen LogP) is 6.17. The zero-order valence-electron chi connectivity index (χ0n) is 16.2. The van der Waals surface area contributed by atoms with Crippen LogP contribution in [0, 0.1) is 17.2 Å². The molecule has 0 N–H and O–H groups in total. The number of hydrogen-bond donors (Lipinski definition) is 0. The first kappa shape index (κ1) is 20.7. The van der Waals surface area contributed by atoms with Gasteiger partial charge in [-0.15, -0.1) is 0 Å². The van der Waals surface area contributed by atoms with Gasteiger partial charge in [-0.2, -0.15) is 5.26 Å². The molecule has 138 valence electrons. The molecule has 0 aliphatic heterocycles. The fraction of sp³-hybridized carbons (Fsp3) is 0.435. The molecule has 0 bridgehead atoms. The Hall–Kier alpha value is -1.63. The normalized spacial score (nSPS) is 14.8. The van der Waals surface area contributed by atoms with Crippen LogP contribution in [0.25, 0.3) is 0 Å². The zero-order valence-corrected chi connectivity index (χ0v) is 17.8. The Morgan fingerprint density at radius 3 is 2.23 bits per heavy atom. The Bertz CT molecular complexity index is 735. The summed E-state index contributed by atoms with van der Waals surface area (Å²) in [5.74, 6) is 0.248. The average Bonchev–Trinajstić information content (AvgIpc) is 2.64. The quantitative estimate of drug-likeness (QED) is 0.518. The fourth-order valence-electron chi connectivity index (χ4n) is 3.49. The van der Waals surface area contributed by atoms with Crippen LogP contribution < -0.4 is 0 Å². The summed E-state index contributed by atoms with van der Waals surface area (Å²) in [6.07, 6.45) is 1.83. The van der Waals surface area contributed by atoms with Crippen LogP contribution >= 0.6 is 15.9 Å². The maximum atomic E-state index is 10.1. The molecule has 2 rings (SSSR count). The molecule has 3 heteroatoms. The second-order valence-electron chi connectivity index (χ2n) is 7.51. The summed E-state index contributed by atoms with van der Waals surface area (Å²) in [6.45, 7) is 7.49. The molecule has 0 radical (unpaired) electrons. The third-order valence-electron chi connectivity index (χ3n) is 5.52. The van der Waals surface area contributed by atoms with Gasteiger partial charge in [-0.1, -0.05) is 78.3 Å². The van der Waals surface area contributed by atoms with Crippen LogP contribution in [0.3, 0.4) is 0 Å². The molecule has 0 spiro atoms. The smallest absolute Gasteiger partial charge is 0.0856 e. The van der Waals surface area contributed by atoms with Crippen molar-refractivity contribution in [3.63, 3.8) is 0 Å². The van der Waals surface area contributed by atoms with E-state index in [0.717, 1.165) is 29.4 Å². The first-order valence-electron chi connectivity index (χ1n) is 9.31. The van der Waals surface area contributed by atoms with Gasteiger partial charge in [0.05, 0.1) is 11.5 Å². The fourth-order valence-corrected chi connectivity index (χ4v) is 4.13. The van der Waals surface area contributed by atoms with Crippen molar-refractivity contribution in [1.29, 1.82) is 5.26 Å². The molecule has 2 aromatic rings. The lowest BCUT2D eigenvalue weighted by atomic mass is 9.69. The second kappa shape index (κ2) is 9.35. The van der Waals surface area contributed by atoms with Crippen LogP contribution in [-0.2, 0) is 12.0 Å². The van der Waals surface area contributed by atoms with Crippen molar-refractivity contribution in [2.24, 2.45) is 5.92 Å². The van der Waals surface area contributed by atoms with E-state index >= 15 is 0 Å². The maximum Gasteiger partial charge on any atom is 0.0856 e. The van der Waals surface area contributed by atoms with Crippen LogP contribution in [0.15, 0.2) is 59.1 Å². The first-order chi connectivity index (χ1) is 12.4. The third-order valence-corrected chi connectivity index (χ3v) is 6.21. The largest absolute Gasteiger partial charge is 0.299 e. The van der Waals surface area contributed by atoms with Crippen LogP contribution in [0.2, 0.25) is 0 Å². The molecule has 0 amide bonds. The predicted molar refractivity (Wildman–Crippen MR) is 113 cm³/mol. The van der Waals surface area contributed by atoms with E-state index in [1.807, 2.05) is 18.2 Å². The Kier molecular flexibility index (Phi) is 7.43. The number of rotatable bonds is 8. The van der Waals surface area contributed by atoms with Gasteiger partial charge in [-0.3, -0.25) is 4.90 Å². The lowest BCUT2D eigenvalue weighted by molar-refractivity contribution is 0.216. The molecule has 0 heterocycles. The number of nitriles is 1. The van der Waals surface area contributed by atoms with E-state index in [-0.39, 0.29) is 5.92 Å². The minimum Gasteiger partial charge on any atom is -0.299 e. The van der Waals surface area contributed by atoms with Gasteiger partial charge in [-0.25, -0.2) is 0 Å². The van der Waals surface area contributed by atoms with Crippen LogP contribution in [-0.4, -0.2) is 18.0 Å². The molecular weight excluding hydrogens is 384 g/mol. The minimum atomic E-state index is -0.470. The first-order valence-corrected chi connectivity index (χ1v) is 10.1. The van der Waals surface area contributed by atoms with Gasteiger partial charge < -0.3 is 0 Å². The third kappa shape index (κ3) is 4.75. The number of halogens is 1. The highest BCUT2D eigenvalue weighted by molar-refractivity contribution is 9.10. The van der Waals surface area contributed by atoms with Crippen molar-refractivity contribution < 1.29 is 0 Å². The summed E-state index contributed by atoms with van der Waals surface area (Å²) >= 11 is 3.66. The number of benzene rings is 2. The molecule has 2 aromatic carbocycles. The van der Waals surface area contributed by atoms with Gasteiger partial charge in [0.1, 0.15) is 0 Å². The lowest BCUT2D eigenvalue weighted by Gasteiger charge is -2.34. The van der Waals surface area contributed by atoms with Crippen LogP contribution in [0.5, 0.6) is 0 Å². The van der Waals surface area contributed by atoms with E-state index in [2.05, 4.69) is 91.1 Å². The Morgan fingerprint density at radius 1 is 1.04 bits per heavy atom. The average molecular weight is 413 g/mol. The van der Waals surface area contributed by atoms with Crippen LogP contribution in [0.4, 0.5) is 0 Å². The lowest BCUT2D eigenvalue weighted by Crippen LogP contribution is -2.35. The van der Waals surface area contributed by atoms with Crippen molar-refractivity contribution in [1.82, 2.24) is 4.90 Å². The minimum absolute atomic E-state index is 0.248. The Labute approximate surface area is 167 Å². The molecule has 2 unspecified atom stereocenters. The molecular formula is C23H29BrN2. The van der Waals surface area contributed by atoms with E-state index in [0.29, 0.717) is 6.04 Å². The van der Waals surface area contributed by atoms with Crippen molar-refractivity contribution in [3.8, 4) is 6.07 Å². The topological polar surface area (TPSA) is 27.0 Å². The van der Waals surface area contributed by atoms with Gasteiger partial charge in [0.25, 0.3) is 0 Å². The number of nitrogens with zero attached hydrogens (tertiary/aromatic N) is 2. The van der Waals surface area contributed by atoms with Crippen molar-refractivity contribution in [2.45, 2.75) is 51.6 Å². The summed E-state index contributed by atoms with van der Waals surface area (Å²) in [7, 11) is 2.17. The molecule has 26 heavy (non-hydrogen) atoms. The molecule has 2 atom stereocenters. The van der Waals surface area contributed by atoms with Gasteiger partial charge >= 0.3 is 0 Å². The van der Waals surface area contributed by atoms with Gasteiger partial charge in [0.2, 0.25) is 0 Å². The molecule has 0 fully saturated rings. The van der Waals surface area contributed by atoms with E-state index in [1.165, 1.54) is 5.56 Å². The molecule has 0 aliphatic rings. The van der Waals surface area contributed by atoms with Crippen molar-refractivity contribution in [2.75, 3.05) is 7.05 Å². The molecule has 0 saturated heterocycles. The molecule has 0 saturated carbocycles. The van der Waals surface area contributed by atoms with Crippen molar-refractivity contribution >= 4 is 15.9 Å².